The number of halogens is 2. The largest absolute Gasteiger partial charge is 0.441 e. The van der Waals surface area contributed by atoms with Crippen LogP contribution in [-0.4, -0.2) is 12.0 Å². The van der Waals surface area contributed by atoms with Gasteiger partial charge in [0.25, 0.3) is 5.91 Å². The van der Waals surface area contributed by atoms with Crippen LogP contribution in [0.15, 0.2) is 97.1 Å². The van der Waals surface area contributed by atoms with Gasteiger partial charge in [0.2, 0.25) is 0 Å². The normalized spacial score (nSPS) is 11.5. The minimum absolute atomic E-state index is 0.0886. The lowest BCUT2D eigenvalue weighted by atomic mass is 9.95. The number of carbonyl (C=O) groups excluding carboxylic acids is 2. The molecule has 0 radical (unpaired) electrons. The van der Waals surface area contributed by atoms with Crippen molar-refractivity contribution in [3.8, 4) is 11.1 Å². The highest BCUT2D eigenvalue weighted by Gasteiger charge is 2.18. The van der Waals surface area contributed by atoms with Crippen LogP contribution in [0.3, 0.4) is 0 Å². The van der Waals surface area contributed by atoms with E-state index in [1.54, 1.807) is 12.1 Å². The van der Waals surface area contributed by atoms with Crippen LogP contribution in [0, 0.1) is 11.6 Å². The molecule has 0 saturated heterocycles. The maximum atomic E-state index is 14.0. The Hall–Kier alpha value is -4.52. The molecule has 1 atom stereocenters. The molecule has 0 aliphatic rings. The predicted molar refractivity (Wildman–Crippen MR) is 147 cm³/mol. The van der Waals surface area contributed by atoms with Gasteiger partial charge in [-0.05, 0) is 40.8 Å². The third-order valence-electron chi connectivity index (χ3n) is 6.33. The molecule has 0 aliphatic carbocycles. The molecular formula is C32H30F2N2O3. The Morgan fingerprint density at radius 1 is 0.769 bits per heavy atom. The van der Waals surface area contributed by atoms with E-state index >= 15 is 0 Å². The van der Waals surface area contributed by atoms with Crippen LogP contribution >= 0.6 is 0 Å². The van der Waals surface area contributed by atoms with Crippen molar-refractivity contribution in [3.05, 3.63) is 131 Å². The summed E-state index contributed by atoms with van der Waals surface area (Å²) >= 11 is 0. The number of nitrogens with one attached hydrogen (secondary N) is 2. The van der Waals surface area contributed by atoms with Crippen LogP contribution in [0.25, 0.3) is 11.1 Å². The minimum Gasteiger partial charge on any atom is -0.441 e. The van der Waals surface area contributed by atoms with E-state index in [9.17, 15) is 18.4 Å². The molecule has 0 aliphatic heterocycles. The lowest BCUT2D eigenvalue weighted by Crippen LogP contribution is -2.26. The number of alkyl carbamates (subject to hydrolysis) is 1. The molecule has 200 valence electrons. The summed E-state index contributed by atoms with van der Waals surface area (Å²) in [6.07, 6.45) is 0.696. The zero-order valence-electron chi connectivity index (χ0n) is 21.6. The van der Waals surface area contributed by atoms with Gasteiger partial charge < -0.3 is 15.4 Å². The van der Waals surface area contributed by atoms with Crippen molar-refractivity contribution < 1.29 is 23.1 Å². The highest BCUT2D eigenvalue weighted by atomic mass is 19.1. The van der Waals surface area contributed by atoms with Crippen molar-refractivity contribution in [1.82, 2.24) is 10.6 Å². The van der Waals surface area contributed by atoms with E-state index < -0.39 is 23.6 Å². The van der Waals surface area contributed by atoms with Crippen molar-refractivity contribution in [3.63, 3.8) is 0 Å². The quantitative estimate of drug-likeness (QED) is 0.226. The SMILES string of the molecule is CCC[C@H](OC(=O)NCc1ccccc1-c1ccccc1C(=O)NCc1ccc(F)cc1F)c1ccccc1. The van der Waals surface area contributed by atoms with Crippen molar-refractivity contribution >= 4 is 12.0 Å². The van der Waals surface area contributed by atoms with Crippen molar-refractivity contribution in [2.75, 3.05) is 0 Å². The molecule has 0 heterocycles. The van der Waals surface area contributed by atoms with E-state index in [0.29, 0.717) is 17.5 Å². The Kier molecular flexibility index (Phi) is 9.40. The molecule has 2 N–H and O–H groups in total. The first-order valence-electron chi connectivity index (χ1n) is 12.8. The van der Waals surface area contributed by atoms with Gasteiger partial charge in [0.15, 0.2) is 0 Å². The zero-order chi connectivity index (χ0) is 27.6. The summed E-state index contributed by atoms with van der Waals surface area (Å²) in [5.74, 6) is -1.80. The third kappa shape index (κ3) is 7.29. The number of amides is 2. The summed E-state index contributed by atoms with van der Waals surface area (Å²) in [6.45, 7) is 2.14. The Bertz CT molecular complexity index is 1430. The molecule has 4 aromatic rings. The van der Waals surface area contributed by atoms with Gasteiger partial charge in [0.05, 0.1) is 0 Å². The van der Waals surface area contributed by atoms with Gasteiger partial charge >= 0.3 is 6.09 Å². The molecule has 0 unspecified atom stereocenters. The summed E-state index contributed by atoms with van der Waals surface area (Å²) in [6, 6.07) is 27.4. The van der Waals surface area contributed by atoms with Gasteiger partial charge in [0, 0.05) is 30.3 Å². The molecule has 4 aromatic carbocycles. The fourth-order valence-corrected chi connectivity index (χ4v) is 4.35. The van der Waals surface area contributed by atoms with Crippen molar-refractivity contribution in [2.45, 2.75) is 39.0 Å². The molecule has 39 heavy (non-hydrogen) atoms. The van der Waals surface area contributed by atoms with Crippen LogP contribution in [-0.2, 0) is 17.8 Å². The van der Waals surface area contributed by atoms with Crippen LogP contribution in [0.4, 0.5) is 13.6 Å². The molecule has 0 fully saturated rings. The highest BCUT2D eigenvalue weighted by Crippen LogP contribution is 2.28. The Morgan fingerprint density at radius 2 is 1.44 bits per heavy atom. The zero-order valence-corrected chi connectivity index (χ0v) is 21.6. The summed E-state index contributed by atoms with van der Waals surface area (Å²) in [7, 11) is 0. The van der Waals surface area contributed by atoms with Crippen molar-refractivity contribution in [2.24, 2.45) is 0 Å². The monoisotopic (exact) mass is 528 g/mol. The van der Waals surface area contributed by atoms with Gasteiger partial charge in [-0.2, -0.15) is 0 Å². The van der Waals surface area contributed by atoms with Crippen LogP contribution in [0.2, 0.25) is 0 Å². The molecule has 0 saturated carbocycles. The number of ether oxygens (including phenoxy) is 1. The summed E-state index contributed by atoms with van der Waals surface area (Å²) in [5.41, 5.74) is 3.74. The van der Waals surface area contributed by atoms with Crippen LogP contribution in [0.1, 0.15) is 52.9 Å². The number of hydrogen-bond donors (Lipinski definition) is 2. The summed E-state index contributed by atoms with van der Waals surface area (Å²) in [5, 5.41) is 5.55. The molecule has 2 amide bonds. The van der Waals surface area contributed by atoms with Crippen LogP contribution in [0.5, 0.6) is 0 Å². The second-order valence-electron chi connectivity index (χ2n) is 9.07. The Balaban J connectivity index is 1.47. The standard InChI is InChI=1S/C32H30F2N2O3/c1-2-10-30(22-11-4-3-5-12-22)39-32(38)36-20-23-13-6-7-14-26(23)27-15-8-9-16-28(27)31(37)35-21-24-17-18-25(33)19-29(24)34/h3-9,11-19,30H,2,10,20-21H2,1H3,(H,35,37)(H,36,38)/t30-/m0/s1. The minimum atomic E-state index is -0.722. The van der Waals surface area contributed by atoms with Gasteiger partial charge in [-0.1, -0.05) is 92.2 Å². The van der Waals surface area contributed by atoms with Gasteiger partial charge in [-0.25, -0.2) is 13.6 Å². The first-order chi connectivity index (χ1) is 19.0. The Labute approximate surface area is 226 Å². The predicted octanol–water partition coefficient (Wildman–Crippen LogP) is 7.33. The third-order valence-corrected chi connectivity index (χ3v) is 6.33. The molecular weight excluding hydrogens is 498 g/mol. The second kappa shape index (κ2) is 13.3. The van der Waals surface area contributed by atoms with Gasteiger partial charge in [-0.3, -0.25) is 4.79 Å². The lowest BCUT2D eigenvalue weighted by molar-refractivity contribution is 0.0914. The lowest BCUT2D eigenvalue weighted by Gasteiger charge is -2.19. The smallest absolute Gasteiger partial charge is 0.408 e. The van der Waals surface area contributed by atoms with E-state index in [1.807, 2.05) is 73.7 Å². The Morgan fingerprint density at radius 3 is 2.18 bits per heavy atom. The van der Waals surface area contributed by atoms with Crippen LogP contribution < -0.4 is 10.6 Å². The summed E-state index contributed by atoms with van der Waals surface area (Å²) in [4.78, 5) is 25.8. The number of rotatable bonds is 10. The van der Waals surface area contributed by atoms with E-state index in [1.165, 1.54) is 6.07 Å². The molecule has 0 bridgehead atoms. The molecule has 5 nitrogen and oxygen atoms in total. The van der Waals surface area contributed by atoms with Gasteiger partial charge in [0.1, 0.15) is 17.7 Å². The molecule has 0 spiro atoms. The number of hydrogen-bond acceptors (Lipinski definition) is 3. The van der Waals surface area contributed by atoms with E-state index in [4.69, 9.17) is 4.74 Å². The maximum Gasteiger partial charge on any atom is 0.408 e. The van der Waals surface area contributed by atoms with Crippen molar-refractivity contribution in [1.29, 1.82) is 0 Å². The molecule has 7 heteroatoms. The topological polar surface area (TPSA) is 67.4 Å². The number of carbonyl (C=O) groups is 2. The van der Waals surface area contributed by atoms with Gasteiger partial charge in [-0.15, -0.1) is 0 Å². The van der Waals surface area contributed by atoms with E-state index in [-0.39, 0.29) is 24.8 Å². The molecule has 4 rings (SSSR count). The first kappa shape index (κ1) is 27.5. The second-order valence-corrected chi connectivity index (χ2v) is 9.07. The van der Waals surface area contributed by atoms with E-state index in [2.05, 4.69) is 10.6 Å². The first-order valence-corrected chi connectivity index (χ1v) is 12.8. The highest BCUT2D eigenvalue weighted by molar-refractivity contribution is 6.01. The average molecular weight is 529 g/mol. The fraction of sp³-hybridized carbons (Fsp3) is 0.188. The fourth-order valence-electron chi connectivity index (χ4n) is 4.35. The summed E-state index contributed by atoms with van der Waals surface area (Å²) < 4.78 is 33.0. The maximum absolute atomic E-state index is 14.0. The molecule has 0 aromatic heterocycles. The van der Waals surface area contributed by atoms with E-state index in [0.717, 1.165) is 35.2 Å². The average Bonchev–Trinajstić information content (AvgIpc) is 2.96. The number of benzene rings is 4.